The highest BCUT2D eigenvalue weighted by Gasteiger charge is 2.22. The molecule has 114 valence electrons. The molecule has 0 saturated heterocycles. The second-order valence-electron chi connectivity index (χ2n) is 5.23. The van der Waals surface area contributed by atoms with Crippen LogP contribution in [0.5, 0.6) is 0 Å². The number of carbonyl (C=O) groups is 1. The molecule has 0 bridgehead atoms. The van der Waals surface area contributed by atoms with E-state index in [1.807, 2.05) is 24.0 Å². The molecule has 0 fully saturated rings. The van der Waals surface area contributed by atoms with Gasteiger partial charge in [0, 0.05) is 30.4 Å². The minimum Gasteiger partial charge on any atom is -0.340 e. The van der Waals surface area contributed by atoms with Crippen molar-refractivity contribution in [2.75, 3.05) is 16.8 Å². The topological polar surface area (TPSA) is 58.1 Å². The molecular formula is C16H17ClN4O. The van der Waals surface area contributed by atoms with Crippen LogP contribution in [0.1, 0.15) is 24.7 Å². The Morgan fingerprint density at radius 2 is 2.09 bits per heavy atom. The van der Waals surface area contributed by atoms with Crippen LogP contribution in [0.25, 0.3) is 0 Å². The van der Waals surface area contributed by atoms with E-state index in [9.17, 15) is 4.79 Å². The van der Waals surface area contributed by atoms with E-state index >= 15 is 0 Å². The van der Waals surface area contributed by atoms with Crippen LogP contribution < -0.4 is 10.2 Å². The van der Waals surface area contributed by atoms with Gasteiger partial charge in [0.1, 0.15) is 16.8 Å². The Balaban J connectivity index is 1.89. The molecule has 0 atom stereocenters. The lowest BCUT2D eigenvalue weighted by atomic mass is 10.0. The van der Waals surface area contributed by atoms with Gasteiger partial charge in [-0.05, 0) is 44.0 Å². The summed E-state index contributed by atoms with van der Waals surface area (Å²) < 4.78 is 0. The molecule has 6 heteroatoms. The Morgan fingerprint density at radius 1 is 1.27 bits per heavy atom. The van der Waals surface area contributed by atoms with Crippen molar-refractivity contribution in [1.29, 1.82) is 0 Å². The Kier molecular flexibility index (Phi) is 3.98. The number of hydrogen-bond acceptors (Lipinski definition) is 4. The number of nitrogens with one attached hydrogen (secondary N) is 1. The summed E-state index contributed by atoms with van der Waals surface area (Å²) in [5.41, 5.74) is 3.10. The molecule has 5 nitrogen and oxygen atoms in total. The van der Waals surface area contributed by atoms with Crippen molar-refractivity contribution in [1.82, 2.24) is 9.97 Å². The molecule has 0 unspecified atom stereocenters. The Hall–Kier alpha value is -2.14. The number of halogens is 1. The molecule has 0 radical (unpaired) electrons. The molecule has 3 rings (SSSR count). The second kappa shape index (κ2) is 5.93. The van der Waals surface area contributed by atoms with Crippen molar-refractivity contribution in [2.45, 2.75) is 26.7 Å². The van der Waals surface area contributed by atoms with E-state index in [1.165, 1.54) is 5.56 Å². The molecule has 1 aromatic heterocycles. The molecule has 0 saturated carbocycles. The summed E-state index contributed by atoms with van der Waals surface area (Å²) in [5.74, 6) is 1.47. The molecule has 2 heterocycles. The third-order valence-electron chi connectivity index (χ3n) is 3.67. The first kappa shape index (κ1) is 14.8. The van der Waals surface area contributed by atoms with E-state index < -0.39 is 0 Å². The molecule has 2 aromatic rings. The summed E-state index contributed by atoms with van der Waals surface area (Å²) in [7, 11) is 0. The zero-order chi connectivity index (χ0) is 15.7. The zero-order valence-electron chi connectivity index (χ0n) is 12.6. The number of benzene rings is 1. The summed E-state index contributed by atoms with van der Waals surface area (Å²) in [6.07, 6.45) is 1.33. The van der Waals surface area contributed by atoms with Crippen LogP contribution in [0.2, 0.25) is 5.15 Å². The summed E-state index contributed by atoms with van der Waals surface area (Å²) in [4.78, 5) is 22.1. The number of aryl methyl sites for hydroxylation is 2. The number of aromatic nitrogens is 2. The molecule has 1 aliphatic rings. The third kappa shape index (κ3) is 2.90. The van der Waals surface area contributed by atoms with Crippen LogP contribution in [0.3, 0.4) is 0 Å². The highest BCUT2D eigenvalue weighted by molar-refractivity contribution is 6.29. The molecule has 1 N–H and O–H groups in total. The van der Waals surface area contributed by atoms with Gasteiger partial charge in [-0.2, -0.15) is 0 Å². The number of nitrogens with zero attached hydrogens (tertiary/aromatic N) is 3. The van der Waals surface area contributed by atoms with Gasteiger partial charge in [-0.3, -0.25) is 4.79 Å². The molecule has 1 aromatic carbocycles. The molecule has 0 spiro atoms. The summed E-state index contributed by atoms with van der Waals surface area (Å²) >= 11 is 5.95. The number of anilines is 3. The summed E-state index contributed by atoms with van der Waals surface area (Å²) in [5, 5.41) is 3.65. The van der Waals surface area contributed by atoms with Gasteiger partial charge in [-0.15, -0.1) is 0 Å². The van der Waals surface area contributed by atoms with E-state index in [0.717, 1.165) is 17.8 Å². The van der Waals surface area contributed by atoms with E-state index in [-0.39, 0.29) is 5.91 Å². The van der Waals surface area contributed by atoms with Crippen molar-refractivity contribution >= 4 is 34.7 Å². The van der Waals surface area contributed by atoms with Crippen LogP contribution in [0, 0.1) is 6.92 Å². The van der Waals surface area contributed by atoms with Crippen LogP contribution in [-0.2, 0) is 11.2 Å². The first-order valence-corrected chi connectivity index (χ1v) is 7.66. The fraction of sp³-hybridized carbons (Fsp3) is 0.312. The summed E-state index contributed by atoms with van der Waals surface area (Å²) in [6.45, 7) is 4.48. The van der Waals surface area contributed by atoms with Gasteiger partial charge < -0.3 is 10.2 Å². The Morgan fingerprint density at radius 3 is 2.82 bits per heavy atom. The SMILES string of the molecule is CCN1C(=O)CCc2cc(Nc3cc(Cl)nc(C)n3)ccc21. The smallest absolute Gasteiger partial charge is 0.227 e. The van der Waals surface area contributed by atoms with Crippen molar-refractivity contribution in [3.8, 4) is 0 Å². The predicted octanol–water partition coefficient (Wildman–Crippen LogP) is 3.48. The van der Waals surface area contributed by atoms with Gasteiger partial charge in [0.05, 0.1) is 0 Å². The standard InChI is InChI=1S/C16H17ClN4O/c1-3-21-13-6-5-12(8-11(13)4-7-16(21)22)20-15-9-14(17)18-10(2)19-15/h5-6,8-9H,3-4,7H2,1-2H3,(H,18,19,20). The Bertz CT molecular complexity index is 712. The zero-order valence-corrected chi connectivity index (χ0v) is 13.3. The van der Waals surface area contributed by atoms with Gasteiger partial charge >= 0.3 is 0 Å². The van der Waals surface area contributed by atoms with E-state index in [2.05, 4.69) is 21.4 Å². The molecular weight excluding hydrogens is 300 g/mol. The number of carbonyl (C=O) groups excluding carboxylic acids is 1. The molecule has 1 amide bonds. The summed E-state index contributed by atoms with van der Waals surface area (Å²) in [6, 6.07) is 7.69. The minimum absolute atomic E-state index is 0.189. The fourth-order valence-corrected chi connectivity index (χ4v) is 2.95. The average molecular weight is 317 g/mol. The number of amides is 1. The monoisotopic (exact) mass is 316 g/mol. The fourth-order valence-electron chi connectivity index (χ4n) is 2.73. The van der Waals surface area contributed by atoms with E-state index in [4.69, 9.17) is 11.6 Å². The van der Waals surface area contributed by atoms with Gasteiger partial charge in [-0.1, -0.05) is 11.6 Å². The van der Waals surface area contributed by atoms with Crippen LogP contribution in [0.4, 0.5) is 17.2 Å². The van der Waals surface area contributed by atoms with Crippen molar-refractivity contribution in [3.05, 3.63) is 40.8 Å². The highest BCUT2D eigenvalue weighted by Crippen LogP contribution is 2.31. The number of rotatable bonds is 3. The Labute approximate surface area is 134 Å². The largest absolute Gasteiger partial charge is 0.340 e. The van der Waals surface area contributed by atoms with Crippen molar-refractivity contribution in [2.24, 2.45) is 0 Å². The third-order valence-corrected chi connectivity index (χ3v) is 3.87. The lowest BCUT2D eigenvalue weighted by Gasteiger charge is -2.28. The van der Waals surface area contributed by atoms with Gasteiger partial charge in [0.2, 0.25) is 5.91 Å². The lowest BCUT2D eigenvalue weighted by molar-refractivity contribution is -0.118. The van der Waals surface area contributed by atoms with Gasteiger partial charge in [0.15, 0.2) is 0 Å². The highest BCUT2D eigenvalue weighted by atomic mass is 35.5. The lowest BCUT2D eigenvalue weighted by Crippen LogP contribution is -2.34. The molecule has 1 aliphatic heterocycles. The van der Waals surface area contributed by atoms with E-state index in [1.54, 1.807) is 13.0 Å². The average Bonchev–Trinajstić information content (AvgIpc) is 2.46. The maximum atomic E-state index is 11.9. The molecule has 22 heavy (non-hydrogen) atoms. The number of fused-ring (bicyclic) bond motifs is 1. The van der Waals surface area contributed by atoms with Crippen LogP contribution in [-0.4, -0.2) is 22.4 Å². The minimum atomic E-state index is 0.189. The predicted molar refractivity (Wildman–Crippen MR) is 87.9 cm³/mol. The maximum absolute atomic E-state index is 11.9. The molecule has 0 aliphatic carbocycles. The van der Waals surface area contributed by atoms with Crippen LogP contribution in [0.15, 0.2) is 24.3 Å². The second-order valence-corrected chi connectivity index (χ2v) is 5.62. The quantitative estimate of drug-likeness (QED) is 0.881. The van der Waals surface area contributed by atoms with E-state index in [0.29, 0.717) is 29.8 Å². The van der Waals surface area contributed by atoms with Crippen molar-refractivity contribution in [3.63, 3.8) is 0 Å². The first-order valence-electron chi connectivity index (χ1n) is 7.28. The van der Waals surface area contributed by atoms with Gasteiger partial charge in [-0.25, -0.2) is 9.97 Å². The first-order chi connectivity index (χ1) is 10.6. The van der Waals surface area contributed by atoms with Crippen molar-refractivity contribution < 1.29 is 4.79 Å². The number of hydrogen-bond donors (Lipinski definition) is 1. The normalized spacial score (nSPS) is 14.0. The maximum Gasteiger partial charge on any atom is 0.227 e. The van der Waals surface area contributed by atoms with Gasteiger partial charge in [0.25, 0.3) is 0 Å². The van der Waals surface area contributed by atoms with Crippen LogP contribution >= 0.6 is 11.6 Å².